The number of carbonyl (C=O) groups is 2. The Morgan fingerprint density at radius 3 is 2.67 bits per heavy atom. The quantitative estimate of drug-likeness (QED) is 0.428. The zero-order chi connectivity index (χ0) is 37.4. The van der Waals surface area contributed by atoms with Crippen molar-refractivity contribution in [2.45, 2.75) is 82.4 Å². The number of allylic oxidation sites excluding steroid dienone is 3. The van der Waals surface area contributed by atoms with E-state index in [1.807, 2.05) is 11.0 Å². The van der Waals surface area contributed by atoms with Gasteiger partial charge in [0.05, 0.1) is 36.2 Å². The maximum absolute atomic E-state index is 17.2. The molecule has 6 rings (SSSR count). The predicted molar refractivity (Wildman–Crippen MR) is 198 cm³/mol. The molecule has 5 bridgehead atoms. The SMILES string of the molecule is C=C(Cl)/C=C1/CCCCN2C[C@]34CCCN3[C@@H](C(=O)N(C)CC3OCCO3)/C(F)=C/C[C@H](C)[C@@H](C)S(=O)(=O)NC(=O)c3ccc(c2c3)OC/C1=C\4C. The first-order valence-corrected chi connectivity index (χ1v) is 20.1. The molecule has 5 heterocycles. The van der Waals surface area contributed by atoms with Crippen LogP contribution < -0.4 is 14.4 Å². The minimum Gasteiger partial charge on any atom is -0.487 e. The third kappa shape index (κ3) is 7.70. The number of carbonyl (C=O) groups excluding carboxylic acids is 2. The molecule has 0 radical (unpaired) electrons. The van der Waals surface area contributed by atoms with Crippen LogP contribution in [0.4, 0.5) is 10.1 Å². The summed E-state index contributed by atoms with van der Waals surface area (Å²) in [5.74, 6) is -1.92. The maximum Gasteiger partial charge on any atom is 0.264 e. The fourth-order valence-electron chi connectivity index (χ4n) is 8.21. The number of halogens is 2. The van der Waals surface area contributed by atoms with Crippen molar-refractivity contribution in [2.24, 2.45) is 5.92 Å². The molecule has 4 atom stereocenters. The van der Waals surface area contributed by atoms with Crippen LogP contribution >= 0.6 is 11.6 Å². The Hall–Kier alpha value is -3.23. The average molecular weight is 761 g/mol. The van der Waals surface area contributed by atoms with Gasteiger partial charge in [-0.1, -0.05) is 31.2 Å². The summed E-state index contributed by atoms with van der Waals surface area (Å²) in [6, 6.07) is 3.64. The average Bonchev–Trinajstić information content (AvgIpc) is 3.77. The van der Waals surface area contributed by atoms with Gasteiger partial charge in [-0.2, -0.15) is 0 Å². The number of anilines is 1. The van der Waals surface area contributed by atoms with Gasteiger partial charge in [-0.25, -0.2) is 17.5 Å². The van der Waals surface area contributed by atoms with Crippen LogP contribution in [0.25, 0.3) is 0 Å². The molecule has 5 aliphatic heterocycles. The molecular weight excluding hydrogens is 711 g/mol. The normalized spacial score (nSPS) is 32.1. The van der Waals surface area contributed by atoms with E-state index in [1.54, 1.807) is 32.2 Å². The van der Waals surface area contributed by atoms with Crippen molar-refractivity contribution < 1.29 is 36.6 Å². The van der Waals surface area contributed by atoms with Crippen LogP contribution in [0, 0.1) is 5.92 Å². The molecule has 284 valence electrons. The van der Waals surface area contributed by atoms with E-state index in [9.17, 15) is 18.0 Å². The highest BCUT2D eigenvalue weighted by Crippen LogP contribution is 2.46. The first-order chi connectivity index (χ1) is 24.7. The van der Waals surface area contributed by atoms with E-state index in [0.717, 1.165) is 29.6 Å². The molecule has 0 aromatic heterocycles. The van der Waals surface area contributed by atoms with E-state index >= 15 is 4.39 Å². The highest BCUT2D eigenvalue weighted by atomic mass is 35.5. The summed E-state index contributed by atoms with van der Waals surface area (Å²) in [6.45, 7) is 11.7. The number of benzene rings is 1. The zero-order valence-electron chi connectivity index (χ0n) is 30.5. The summed E-state index contributed by atoms with van der Waals surface area (Å²) in [4.78, 5) is 33.9. The molecule has 0 aliphatic carbocycles. The molecular formula is C38H50ClFN4O7S. The first-order valence-electron chi connectivity index (χ1n) is 18.2. The molecule has 1 aromatic carbocycles. The number of rotatable bonds is 4. The Bertz CT molecular complexity index is 1790. The van der Waals surface area contributed by atoms with Crippen molar-refractivity contribution in [1.29, 1.82) is 0 Å². The van der Waals surface area contributed by atoms with Crippen LogP contribution in [0.2, 0.25) is 0 Å². The van der Waals surface area contributed by atoms with Gasteiger partial charge >= 0.3 is 0 Å². The standard InChI is InChI=1S/C38H50ClFN4O7S/c1-24-10-12-31(40)35(37(46)42(5)21-34-49-17-18-50-34)44-16-8-14-38(44)23-43-15-7-6-9-28(19-25(2)39)30(26(38)3)22-51-33-13-11-29(20-32(33)43)36(45)41-52(47,48)27(24)4/h11-13,19-20,24,27,34-35H,2,6-10,14-18,21-23H2,1,3-5H3,(H,41,45)/b28-19-,30-26+,31-12-/t24-,27+,35+,38-/m0/s1. The summed E-state index contributed by atoms with van der Waals surface area (Å²) in [7, 11) is -2.53. The van der Waals surface area contributed by atoms with E-state index < -0.39 is 56.7 Å². The van der Waals surface area contributed by atoms with E-state index in [-0.39, 0.29) is 25.1 Å². The van der Waals surface area contributed by atoms with Gasteiger partial charge in [-0.3, -0.25) is 14.5 Å². The van der Waals surface area contributed by atoms with Gasteiger partial charge in [0.2, 0.25) is 15.9 Å². The van der Waals surface area contributed by atoms with E-state index in [2.05, 4.69) is 23.1 Å². The Morgan fingerprint density at radius 1 is 1.19 bits per heavy atom. The molecule has 2 fully saturated rings. The lowest BCUT2D eigenvalue weighted by Gasteiger charge is -2.47. The summed E-state index contributed by atoms with van der Waals surface area (Å²) in [5.41, 5.74) is 2.79. The van der Waals surface area contributed by atoms with Crippen LogP contribution in [-0.2, 0) is 24.3 Å². The van der Waals surface area contributed by atoms with Crippen LogP contribution in [0.3, 0.4) is 0 Å². The van der Waals surface area contributed by atoms with Gasteiger partial charge in [0.1, 0.15) is 24.2 Å². The third-order valence-corrected chi connectivity index (χ3v) is 13.4. The maximum atomic E-state index is 17.2. The molecule has 11 nitrogen and oxygen atoms in total. The molecule has 2 amide bonds. The van der Waals surface area contributed by atoms with Crippen LogP contribution in [-0.4, -0.2) is 106 Å². The molecule has 52 heavy (non-hydrogen) atoms. The number of hydrogen-bond acceptors (Lipinski definition) is 9. The lowest BCUT2D eigenvalue weighted by molar-refractivity contribution is -0.141. The zero-order valence-corrected chi connectivity index (χ0v) is 32.0. The van der Waals surface area contributed by atoms with Crippen molar-refractivity contribution in [3.8, 4) is 5.75 Å². The highest BCUT2D eigenvalue weighted by molar-refractivity contribution is 7.90. The van der Waals surface area contributed by atoms with Gasteiger partial charge < -0.3 is 24.0 Å². The van der Waals surface area contributed by atoms with E-state index in [1.165, 1.54) is 17.9 Å². The number of nitrogens with one attached hydrogen (secondary N) is 1. The number of hydrogen-bond donors (Lipinski definition) is 1. The topological polar surface area (TPSA) is 118 Å². The van der Waals surface area contributed by atoms with Gasteiger partial charge in [0, 0.05) is 37.3 Å². The van der Waals surface area contributed by atoms with Crippen molar-refractivity contribution in [2.75, 3.05) is 57.9 Å². The van der Waals surface area contributed by atoms with Gasteiger partial charge in [-0.15, -0.1) is 0 Å². The molecule has 5 aliphatic rings. The van der Waals surface area contributed by atoms with Crippen molar-refractivity contribution >= 4 is 39.1 Å². The molecule has 1 aromatic rings. The van der Waals surface area contributed by atoms with Gasteiger partial charge in [0.15, 0.2) is 6.29 Å². The van der Waals surface area contributed by atoms with Gasteiger partial charge in [0.25, 0.3) is 5.91 Å². The molecule has 0 saturated carbocycles. The second-order valence-electron chi connectivity index (χ2n) is 14.7. The molecule has 1 spiro atoms. The highest BCUT2D eigenvalue weighted by Gasteiger charge is 2.52. The lowest BCUT2D eigenvalue weighted by atomic mass is 9.79. The minimum absolute atomic E-state index is 0.0227. The molecule has 2 saturated heterocycles. The number of likely N-dealkylation sites (N-methyl/N-ethyl adjacent to an activating group) is 1. The lowest BCUT2D eigenvalue weighted by Crippen LogP contribution is -2.61. The summed E-state index contributed by atoms with van der Waals surface area (Å²) in [6.07, 6.45) is 6.25. The summed E-state index contributed by atoms with van der Waals surface area (Å²) < 4.78 is 64.2. The number of fused-ring (bicyclic) bond motifs is 1. The fourth-order valence-corrected chi connectivity index (χ4v) is 9.63. The summed E-state index contributed by atoms with van der Waals surface area (Å²) >= 11 is 6.43. The largest absolute Gasteiger partial charge is 0.487 e. The minimum atomic E-state index is -4.15. The fraction of sp³-hybridized carbons (Fsp3) is 0.579. The first kappa shape index (κ1) is 38.5. The van der Waals surface area contributed by atoms with Crippen molar-refractivity contribution in [3.63, 3.8) is 0 Å². The molecule has 1 N–H and O–H groups in total. The number of ether oxygens (including phenoxy) is 3. The molecule has 14 heteroatoms. The second-order valence-corrected chi connectivity index (χ2v) is 17.2. The van der Waals surface area contributed by atoms with Crippen LogP contribution in [0.15, 0.2) is 64.5 Å². The number of sulfonamides is 1. The molecule has 0 unspecified atom stereocenters. The van der Waals surface area contributed by atoms with E-state index in [4.69, 9.17) is 25.8 Å². The Balaban J connectivity index is 1.60. The second kappa shape index (κ2) is 15.6. The van der Waals surface area contributed by atoms with E-state index in [0.29, 0.717) is 68.6 Å². The Labute approximate surface area is 311 Å². The Morgan fingerprint density at radius 2 is 1.94 bits per heavy atom. The smallest absolute Gasteiger partial charge is 0.264 e. The van der Waals surface area contributed by atoms with Crippen molar-refractivity contribution in [3.05, 3.63) is 70.1 Å². The van der Waals surface area contributed by atoms with Crippen LogP contribution in [0.1, 0.15) is 69.7 Å². The number of nitrogens with zero attached hydrogens (tertiary/aromatic N) is 3. The van der Waals surface area contributed by atoms with Gasteiger partial charge in [-0.05, 0) is 99.3 Å². The van der Waals surface area contributed by atoms with Crippen molar-refractivity contribution in [1.82, 2.24) is 14.5 Å². The Kier molecular flexibility index (Phi) is 11.6. The number of amides is 2. The third-order valence-electron chi connectivity index (χ3n) is 11.4. The summed E-state index contributed by atoms with van der Waals surface area (Å²) in [5, 5.41) is -0.660. The van der Waals surface area contributed by atoms with Crippen LogP contribution in [0.5, 0.6) is 5.75 Å². The monoisotopic (exact) mass is 760 g/mol. The predicted octanol–water partition coefficient (Wildman–Crippen LogP) is 5.44.